The van der Waals surface area contributed by atoms with Crippen molar-refractivity contribution in [2.75, 3.05) is 6.54 Å². The summed E-state index contributed by atoms with van der Waals surface area (Å²) in [6, 6.07) is 10.4. The van der Waals surface area contributed by atoms with E-state index in [1.54, 1.807) is 60.8 Å². The Bertz CT molecular complexity index is 2670. The Kier molecular flexibility index (Phi) is 24.5. The Morgan fingerprint density at radius 3 is 1.65 bits per heavy atom. The number of nitrogens with one attached hydrogen (secondary N) is 8. The zero-order chi connectivity index (χ0) is 56.6. The van der Waals surface area contributed by atoms with E-state index >= 15 is 0 Å². The van der Waals surface area contributed by atoms with Crippen molar-refractivity contribution in [2.45, 2.75) is 139 Å². The number of rotatable bonds is 33. The topological polar surface area (TPSA) is 409 Å². The van der Waals surface area contributed by atoms with Gasteiger partial charge in [-0.15, -0.1) is 0 Å². The molecule has 24 heteroatoms. The van der Waals surface area contributed by atoms with Gasteiger partial charge in [-0.1, -0.05) is 80.4 Å². The molecule has 8 atom stereocenters. The molecule has 416 valence electrons. The van der Waals surface area contributed by atoms with Gasteiger partial charge in [-0.3, -0.25) is 47.9 Å². The van der Waals surface area contributed by atoms with Crippen LogP contribution >= 0.6 is 0 Å². The Hall–Kier alpha value is -8.38. The third-order valence-corrected chi connectivity index (χ3v) is 12.5. The van der Waals surface area contributed by atoms with Gasteiger partial charge < -0.3 is 74.7 Å². The summed E-state index contributed by atoms with van der Waals surface area (Å²) in [7, 11) is 0. The van der Waals surface area contributed by atoms with Crippen molar-refractivity contribution in [1.82, 2.24) is 42.2 Å². The van der Waals surface area contributed by atoms with E-state index in [2.05, 4.69) is 42.2 Å². The molecule has 0 aliphatic carbocycles. The summed E-state index contributed by atoms with van der Waals surface area (Å²) in [5, 5.41) is 47.5. The van der Waals surface area contributed by atoms with E-state index in [1.165, 1.54) is 31.2 Å². The van der Waals surface area contributed by atoms with Gasteiger partial charge >= 0.3 is 11.9 Å². The highest BCUT2D eigenvalue weighted by molar-refractivity contribution is 5.99. The number of carboxylic acid groups (broad SMARTS) is 2. The average Bonchev–Trinajstić information content (AvgIpc) is 3.82. The number of benzene rings is 3. The number of phenols is 1. The van der Waals surface area contributed by atoms with Crippen LogP contribution in [0.1, 0.15) is 88.3 Å². The molecular weight excluding hydrogens is 999 g/mol. The van der Waals surface area contributed by atoms with Crippen LogP contribution < -0.4 is 54.4 Å². The first-order valence-electron chi connectivity index (χ1n) is 25.4. The summed E-state index contributed by atoms with van der Waals surface area (Å²) < 4.78 is 0. The molecule has 17 N–H and O–H groups in total. The highest BCUT2D eigenvalue weighted by atomic mass is 16.4. The first-order valence-corrected chi connectivity index (χ1v) is 25.4. The molecule has 0 aliphatic rings. The maximum absolute atomic E-state index is 14.6. The maximum atomic E-state index is 14.6. The molecule has 4 aromatic rings. The molecule has 0 aliphatic heterocycles. The Labute approximate surface area is 444 Å². The van der Waals surface area contributed by atoms with E-state index in [0.29, 0.717) is 53.3 Å². The van der Waals surface area contributed by atoms with Crippen molar-refractivity contribution < 1.29 is 63.3 Å². The van der Waals surface area contributed by atoms with Crippen LogP contribution in [0, 0.1) is 0 Å². The number of aromatic hydroxyl groups is 1. The van der Waals surface area contributed by atoms with Crippen LogP contribution in [0.5, 0.6) is 5.75 Å². The minimum atomic E-state index is -1.73. The van der Waals surface area contributed by atoms with Gasteiger partial charge in [-0.25, -0.2) is 0 Å². The first kappa shape index (κ1) is 61.2. The second-order valence-corrected chi connectivity index (χ2v) is 18.7. The van der Waals surface area contributed by atoms with Crippen molar-refractivity contribution in [2.24, 2.45) is 17.2 Å². The summed E-state index contributed by atoms with van der Waals surface area (Å²) in [6.07, 6.45) is 1.43. The van der Waals surface area contributed by atoms with Gasteiger partial charge in [-0.05, 0) is 80.5 Å². The van der Waals surface area contributed by atoms with Crippen LogP contribution in [-0.4, -0.2) is 134 Å². The lowest BCUT2D eigenvalue weighted by Crippen LogP contribution is -2.60. The van der Waals surface area contributed by atoms with Gasteiger partial charge in [0.15, 0.2) is 0 Å². The number of aliphatic carboxylic acids is 2. The van der Waals surface area contributed by atoms with Crippen molar-refractivity contribution >= 4 is 70.1 Å². The lowest BCUT2D eigenvalue weighted by Gasteiger charge is -2.28. The molecule has 0 fully saturated rings. The van der Waals surface area contributed by atoms with Gasteiger partial charge in [0.25, 0.3) is 0 Å². The van der Waals surface area contributed by atoms with Gasteiger partial charge in [-0.2, -0.15) is 0 Å². The molecule has 77 heavy (non-hydrogen) atoms. The van der Waals surface area contributed by atoms with Crippen LogP contribution in [0.25, 0.3) is 10.9 Å². The lowest BCUT2D eigenvalue weighted by molar-refractivity contribution is -0.141. The molecule has 0 saturated heterocycles. The molecular formula is C53H71N11O13. The molecule has 8 amide bonds. The van der Waals surface area contributed by atoms with Gasteiger partial charge in [0, 0.05) is 42.8 Å². The van der Waals surface area contributed by atoms with Crippen LogP contribution in [-0.2, 0) is 67.2 Å². The Morgan fingerprint density at radius 2 is 1.05 bits per heavy atom. The van der Waals surface area contributed by atoms with Crippen molar-refractivity contribution in [3.8, 4) is 5.75 Å². The van der Waals surface area contributed by atoms with E-state index < -0.39 is 120 Å². The molecule has 24 nitrogen and oxygen atoms in total. The number of hydrogen-bond donors (Lipinski definition) is 14. The molecule has 0 spiro atoms. The van der Waals surface area contributed by atoms with Crippen molar-refractivity contribution in [1.29, 1.82) is 0 Å². The fraction of sp³-hybridized carbons (Fsp3) is 0.434. The minimum Gasteiger partial charge on any atom is -0.508 e. The third kappa shape index (κ3) is 20.3. The van der Waals surface area contributed by atoms with Crippen LogP contribution in [0.2, 0.25) is 0 Å². The van der Waals surface area contributed by atoms with Crippen molar-refractivity contribution in [3.63, 3.8) is 0 Å². The standard InChI is InChI=1S/C53H71N11O13/c1-3-4-15-38(49(73)64-43(28-45(68)69)53(77)61-40(46(56)70)25-31-12-6-5-7-13-31)59-52(76)42(27-33-29-57-37-16-9-8-14-35(33)37)63-50(74)39(17-10-11-24-54)60-51(75)41(26-32-18-20-34(65)21-19-32)62-47(71)30(2)58-48(72)36(55)22-23-44(66)67/h5-9,12-14,16,18-21,29-30,36,38-43,57,65H,3-4,10-11,15,17,22-28,54-55H2,1-2H3,(H2,56,70)(H,58,72)(H,59,76)(H,60,75)(H,61,77)(H,62,71)(H,63,74)(H,64,73)(H,66,67)(H,68,69)/t30-,36+,38-,39+,40-,41-,42-,43-/m0/s1. The highest BCUT2D eigenvalue weighted by Crippen LogP contribution is 2.20. The normalized spacial score (nSPS) is 14.2. The number of hydrogen-bond acceptors (Lipinski definition) is 13. The number of nitrogens with two attached hydrogens (primary N) is 3. The van der Waals surface area contributed by atoms with Gasteiger partial charge in [0.05, 0.1) is 12.5 Å². The minimum absolute atomic E-state index is 0.00666. The Morgan fingerprint density at radius 1 is 0.545 bits per heavy atom. The predicted octanol–water partition coefficient (Wildman–Crippen LogP) is -0.214. The summed E-state index contributed by atoms with van der Waals surface area (Å²) in [5.41, 5.74) is 19.7. The number of fused-ring (bicyclic) bond motifs is 1. The van der Waals surface area contributed by atoms with E-state index in [-0.39, 0.29) is 50.8 Å². The van der Waals surface area contributed by atoms with Crippen LogP contribution in [0.4, 0.5) is 0 Å². The first-order chi connectivity index (χ1) is 36.7. The maximum Gasteiger partial charge on any atom is 0.305 e. The quantitative estimate of drug-likeness (QED) is 0.0275. The number of carboxylic acids is 2. The smallest absolute Gasteiger partial charge is 0.305 e. The third-order valence-electron chi connectivity index (χ3n) is 12.5. The summed E-state index contributed by atoms with van der Waals surface area (Å²) >= 11 is 0. The predicted molar refractivity (Wildman–Crippen MR) is 282 cm³/mol. The second kappa shape index (κ2) is 30.9. The SMILES string of the molecule is CCCC[C@H](NC(=O)[C@H](Cc1c[nH]c2ccccc12)NC(=O)[C@@H](CCCCN)NC(=O)[C@H](Cc1ccc(O)cc1)NC(=O)[C@H](C)NC(=O)[C@H](N)CCC(=O)O)C(=O)N[C@@H](CC(=O)O)C(=O)N[C@@H](Cc1ccccc1)C(N)=O. The summed E-state index contributed by atoms with van der Waals surface area (Å²) in [6.45, 7) is 3.38. The average molecular weight is 1070 g/mol. The van der Waals surface area contributed by atoms with E-state index in [1.807, 2.05) is 6.92 Å². The monoisotopic (exact) mass is 1070 g/mol. The number of phenolic OH excluding ortho intramolecular Hbond substituents is 1. The zero-order valence-corrected chi connectivity index (χ0v) is 43.1. The molecule has 0 saturated carbocycles. The lowest BCUT2D eigenvalue weighted by atomic mass is 10.0. The summed E-state index contributed by atoms with van der Waals surface area (Å²) in [4.78, 5) is 136. The van der Waals surface area contributed by atoms with E-state index in [4.69, 9.17) is 22.3 Å². The molecule has 1 aromatic heterocycles. The molecule has 4 rings (SSSR count). The fourth-order valence-corrected chi connectivity index (χ4v) is 8.16. The zero-order valence-electron chi connectivity index (χ0n) is 43.1. The number of unbranched alkanes of at least 4 members (excludes halogenated alkanes) is 2. The Balaban J connectivity index is 1.63. The molecule has 0 unspecified atom stereocenters. The van der Waals surface area contributed by atoms with Gasteiger partial charge in [0.1, 0.15) is 48.0 Å². The number of primary amides is 1. The van der Waals surface area contributed by atoms with E-state index in [0.717, 1.165) is 0 Å². The molecule has 0 bridgehead atoms. The van der Waals surface area contributed by atoms with Crippen LogP contribution in [0.15, 0.2) is 85.1 Å². The number of aromatic nitrogens is 1. The number of para-hydroxylation sites is 1. The number of carbonyl (C=O) groups excluding carboxylic acids is 8. The second-order valence-electron chi connectivity index (χ2n) is 18.7. The highest BCUT2D eigenvalue weighted by Gasteiger charge is 2.35. The van der Waals surface area contributed by atoms with E-state index in [9.17, 15) is 58.2 Å². The number of carbonyl (C=O) groups is 10. The molecule has 0 radical (unpaired) electrons. The number of H-pyrrole nitrogens is 1. The largest absolute Gasteiger partial charge is 0.508 e. The molecule has 1 heterocycles. The summed E-state index contributed by atoms with van der Waals surface area (Å²) in [5.74, 6) is -9.78. The fourth-order valence-electron chi connectivity index (χ4n) is 8.16. The van der Waals surface area contributed by atoms with Crippen molar-refractivity contribution in [3.05, 3.63) is 102 Å². The van der Waals surface area contributed by atoms with Crippen LogP contribution in [0.3, 0.4) is 0 Å². The number of amides is 8. The van der Waals surface area contributed by atoms with Gasteiger partial charge in [0.2, 0.25) is 47.3 Å². The molecule has 3 aromatic carbocycles. The number of aromatic amines is 1.